The molecule has 0 radical (unpaired) electrons. The Morgan fingerprint density at radius 1 is 1.20 bits per heavy atom. The Labute approximate surface area is 98.3 Å². The molecule has 0 spiro atoms. The van der Waals surface area contributed by atoms with Gasteiger partial charge in [0.1, 0.15) is 0 Å². The third-order valence-electron chi connectivity index (χ3n) is 2.77. The number of halogens is 1. The molecule has 1 aliphatic carbocycles. The van der Waals surface area contributed by atoms with Gasteiger partial charge in [0, 0.05) is 16.0 Å². The summed E-state index contributed by atoms with van der Waals surface area (Å²) in [6, 6.07) is 7.63. The molecule has 0 N–H and O–H groups in total. The normalized spacial score (nSPS) is 20.2. The first-order valence-electron chi connectivity index (χ1n) is 5.22. The van der Waals surface area contributed by atoms with Gasteiger partial charge < -0.3 is 0 Å². The zero-order valence-electron chi connectivity index (χ0n) is 8.45. The maximum absolute atomic E-state index is 12.1. The molecule has 1 aromatic carbocycles. The van der Waals surface area contributed by atoms with E-state index in [-0.39, 0.29) is 11.7 Å². The lowest BCUT2D eigenvalue weighted by Gasteiger charge is -2.16. The van der Waals surface area contributed by atoms with Crippen LogP contribution in [0.2, 0.25) is 0 Å². The zero-order chi connectivity index (χ0) is 10.7. The van der Waals surface area contributed by atoms with E-state index in [2.05, 4.69) is 28.1 Å². The molecule has 2 heteroatoms. The summed E-state index contributed by atoms with van der Waals surface area (Å²) in [5, 5.41) is 0. The van der Waals surface area contributed by atoms with Crippen molar-refractivity contribution in [1.29, 1.82) is 0 Å². The summed E-state index contributed by atoms with van der Waals surface area (Å²) in [5.74, 6) is 0.475. The molecular weight excluding hydrogens is 252 g/mol. The lowest BCUT2D eigenvalue weighted by molar-refractivity contribution is 0.0912. The molecule has 1 aliphatic rings. The Balaban J connectivity index is 2.13. The molecule has 0 bridgehead atoms. The van der Waals surface area contributed by atoms with Gasteiger partial charge in [-0.15, -0.1) is 0 Å². The third-order valence-corrected chi connectivity index (χ3v) is 3.30. The molecule has 1 nitrogen and oxygen atoms in total. The smallest absolute Gasteiger partial charge is 0.166 e. The fraction of sp³-hybridized carbons (Fsp3) is 0.308. The Kier molecular flexibility index (Phi) is 3.37. The quantitative estimate of drug-likeness (QED) is 0.583. The molecule has 78 valence electrons. The molecule has 0 amide bonds. The van der Waals surface area contributed by atoms with E-state index in [4.69, 9.17) is 0 Å². The van der Waals surface area contributed by atoms with E-state index in [1.807, 2.05) is 24.3 Å². The van der Waals surface area contributed by atoms with Gasteiger partial charge in [0.05, 0.1) is 0 Å². The number of ketones is 1. The Morgan fingerprint density at radius 3 is 2.53 bits per heavy atom. The van der Waals surface area contributed by atoms with Gasteiger partial charge in [-0.3, -0.25) is 4.79 Å². The lowest BCUT2D eigenvalue weighted by atomic mass is 9.87. The number of rotatable bonds is 2. The van der Waals surface area contributed by atoms with E-state index in [0.717, 1.165) is 29.3 Å². The maximum atomic E-state index is 12.1. The van der Waals surface area contributed by atoms with Crippen LogP contribution in [0.5, 0.6) is 0 Å². The zero-order valence-corrected chi connectivity index (χ0v) is 10.0. The van der Waals surface area contributed by atoms with Crippen LogP contribution in [-0.4, -0.2) is 5.78 Å². The minimum absolute atomic E-state index is 0.191. The highest BCUT2D eigenvalue weighted by molar-refractivity contribution is 9.10. The van der Waals surface area contributed by atoms with Crippen molar-refractivity contribution in [1.82, 2.24) is 0 Å². The average Bonchev–Trinajstić information content (AvgIpc) is 2.30. The van der Waals surface area contributed by atoms with Crippen LogP contribution in [0.3, 0.4) is 0 Å². The largest absolute Gasteiger partial charge is 0.294 e. The van der Waals surface area contributed by atoms with E-state index in [1.165, 1.54) is 0 Å². The van der Waals surface area contributed by atoms with Gasteiger partial charge in [0.15, 0.2) is 5.78 Å². The van der Waals surface area contributed by atoms with Crippen LogP contribution in [-0.2, 0) is 0 Å². The minimum Gasteiger partial charge on any atom is -0.294 e. The van der Waals surface area contributed by atoms with E-state index in [1.54, 1.807) is 0 Å². The summed E-state index contributed by atoms with van der Waals surface area (Å²) < 4.78 is 1.02. The standard InChI is InChI=1S/C13H13BrO/c14-12-8-6-11(7-9-12)13(15)10-4-2-1-3-5-10/h1-2,6-10H,3-5H2. The van der Waals surface area contributed by atoms with Crippen LogP contribution >= 0.6 is 15.9 Å². The van der Waals surface area contributed by atoms with Gasteiger partial charge >= 0.3 is 0 Å². The van der Waals surface area contributed by atoms with Gasteiger partial charge in [-0.05, 0) is 31.4 Å². The van der Waals surface area contributed by atoms with Crippen molar-refractivity contribution in [2.45, 2.75) is 19.3 Å². The molecule has 0 heterocycles. The molecule has 1 aromatic rings. The van der Waals surface area contributed by atoms with E-state index < -0.39 is 0 Å². The first-order valence-corrected chi connectivity index (χ1v) is 6.01. The van der Waals surface area contributed by atoms with Gasteiger partial charge in [0.2, 0.25) is 0 Å². The third kappa shape index (κ3) is 2.57. The summed E-state index contributed by atoms with van der Waals surface area (Å²) >= 11 is 3.37. The SMILES string of the molecule is O=C(c1ccc(Br)cc1)C1CC=CCC1. The fourth-order valence-corrected chi connectivity index (χ4v) is 2.15. The van der Waals surface area contributed by atoms with Crippen molar-refractivity contribution in [2.24, 2.45) is 5.92 Å². The molecule has 1 unspecified atom stereocenters. The molecule has 0 saturated carbocycles. The predicted octanol–water partition coefficient (Wildman–Crippen LogP) is 3.99. The Morgan fingerprint density at radius 2 is 1.93 bits per heavy atom. The van der Waals surface area contributed by atoms with Crippen LogP contribution in [0, 0.1) is 5.92 Å². The summed E-state index contributed by atoms with van der Waals surface area (Å²) in [4.78, 5) is 12.1. The van der Waals surface area contributed by atoms with Crippen molar-refractivity contribution in [3.8, 4) is 0 Å². The molecule has 0 aliphatic heterocycles. The van der Waals surface area contributed by atoms with Gasteiger partial charge in [-0.25, -0.2) is 0 Å². The van der Waals surface area contributed by atoms with Gasteiger partial charge in [-0.2, -0.15) is 0 Å². The monoisotopic (exact) mass is 264 g/mol. The Bertz CT molecular complexity index is 378. The second-order valence-corrected chi connectivity index (χ2v) is 4.77. The highest BCUT2D eigenvalue weighted by atomic mass is 79.9. The number of carbonyl (C=O) groups excluding carboxylic acids is 1. The predicted molar refractivity (Wildman–Crippen MR) is 65.0 cm³/mol. The second kappa shape index (κ2) is 4.75. The van der Waals surface area contributed by atoms with Crippen molar-refractivity contribution < 1.29 is 4.79 Å². The summed E-state index contributed by atoms with van der Waals surface area (Å²) in [6.07, 6.45) is 7.20. The van der Waals surface area contributed by atoms with Gasteiger partial charge in [0.25, 0.3) is 0 Å². The highest BCUT2D eigenvalue weighted by Gasteiger charge is 2.19. The van der Waals surface area contributed by atoms with Crippen LogP contribution in [0.25, 0.3) is 0 Å². The van der Waals surface area contributed by atoms with Gasteiger partial charge in [-0.1, -0.05) is 40.2 Å². The number of carbonyl (C=O) groups is 1. The summed E-state index contributed by atoms with van der Waals surface area (Å²) in [5.41, 5.74) is 0.832. The average molecular weight is 265 g/mol. The van der Waals surface area contributed by atoms with Crippen LogP contribution in [0.15, 0.2) is 40.9 Å². The first-order chi connectivity index (χ1) is 7.27. The molecule has 15 heavy (non-hydrogen) atoms. The molecule has 0 aromatic heterocycles. The van der Waals surface area contributed by atoms with Crippen molar-refractivity contribution in [3.63, 3.8) is 0 Å². The number of Topliss-reactive ketones (excluding diaryl/α,β-unsaturated/α-hetero) is 1. The number of hydrogen-bond donors (Lipinski definition) is 0. The van der Waals surface area contributed by atoms with Crippen molar-refractivity contribution in [2.75, 3.05) is 0 Å². The summed E-state index contributed by atoms with van der Waals surface area (Å²) in [6.45, 7) is 0. The second-order valence-electron chi connectivity index (χ2n) is 3.85. The number of benzene rings is 1. The molecular formula is C13H13BrO. The lowest BCUT2D eigenvalue weighted by Crippen LogP contribution is -2.15. The molecule has 0 fully saturated rings. The summed E-state index contributed by atoms with van der Waals surface area (Å²) in [7, 11) is 0. The molecule has 0 saturated heterocycles. The van der Waals surface area contributed by atoms with Crippen molar-refractivity contribution >= 4 is 21.7 Å². The molecule has 1 atom stereocenters. The van der Waals surface area contributed by atoms with Crippen LogP contribution in [0.1, 0.15) is 29.6 Å². The molecule has 2 rings (SSSR count). The van der Waals surface area contributed by atoms with E-state index >= 15 is 0 Å². The number of hydrogen-bond acceptors (Lipinski definition) is 1. The first kappa shape index (κ1) is 10.6. The Hall–Kier alpha value is -0.890. The highest BCUT2D eigenvalue weighted by Crippen LogP contribution is 2.23. The topological polar surface area (TPSA) is 17.1 Å². The van der Waals surface area contributed by atoms with Crippen molar-refractivity contribution in [3.05, 3.63) is 46.5 Å². The van der Waals surface area contributed by atoms with Crippen LogP contribution < -0.4 is 0 Å². The maximum Gasteiger partial charge on any atom is 0.166 e. The van der Waals surface area contributed by atoms with Crippen LogP contribution in [0.4, 0.5) is 0 Å². The van der Waals surface area contributed by atoms with E-state index in [0.29, 0.717) is 0 Å². The van der Waals surface area contributed by atoms with E-state index in [9.17, 15) is 4.79 Å². The fourth-order valence-electron chi connectivity index (χ4n) is 1.88. The number of allylic oxidation sites excluding steroid dienone is 2. The minimum atomic E-state index is 0.191.